The molecule has 1 aliphatic heterocycles. The van der Waals surface area contributed by atoms with Crippen LogP contribution in [0.25, 0.3) is 0 Å². The van der Waals surface area contributed by atoms with Crippen molar-refractivity contribution in [2.45, 2.75) is 19.4 Å². The van der Waals surface area contributed by atoms with Crippen LogP contribution in [0.3, 0.4) is 0 Å². The van der Waals surface area contributed by atoms with Gasteiger partial charge in [0.2, 0.25) is 0 Å². The molecule has 19 heavy (non-hydrogen) atoms. The van der Waals surface area contributed by atoms with Gasteiger partial charge in [-0.25, -0.2) is 0 Å². The van der Waals surface area contributed by atoms with Gasteiger partial charge in [-0.15, -0.1) is 24.8 Å². The number of hydrogen-bond donors (Lipinski definition) is 2. The second kappa shape index (κ2) is 9.43. The molecule has 0 unspecified atom stereocenters. The summed E-state index contributed by atoms with van der Waals surface area (Å²) in [5.41, 5.74) is 8.00. The number of nitrogens with one attached hydrogen (secondary N) is 1. The Morgan fingerprint density at radius 1 is 1.26 bits per heavy atom. The fraction of sp³-hybridized carbons (Fsp3) is 0.571. The van der Waals surface area contributed by atoms with Crippen LogP contribution in [0.2, 0.25) is 0 Å². The summed E-state index contributed by atoms with van der Waals surface area (Å²) in [5, 5.41) is 3.27. The zero-order valence-electron chi connectivity index (χ0n) is 11.5. The largest absolute Gasteiger partial charge is 0.399 e. The van der Waals surface area contributed by atoms with E-state index >= 15 is 0 Å². The Bertz CT molecular complexity index is 352. The third kappa shape index (κ3) is 6.00. The molecule has 2 rings (SSSR count). The van der Waals surface area contributed by atoms with Gasteiger partial charge in [-0.3, -0.25) is 4.90 Å². The molecule has 0 aromatic heterocycles. The van der Waals surface area contributed by atoms with Gasteiger partial charge in [0.1, 0.15) is 0 Å². The normalized spacial score (nSPS) is 16.5. The number of nitrogens with zero attached hydrogens (tertiary/aromatic N) is 1. The Labute approximate surface area is 128 Å². The van der Waals surface area contributed by atoms with E-state index in [0.29, 0.717) is 0 Å². The van der Waals surface area contributed by atoms with E-state index in [9.17, 15) is 0 Å². The molecule has 0 spiro atoms. The van der Waals surface area contributed by atoms with Crippen LogP contribution < -0.4 is 11.1 Å². The molecule has 3 nitrogen and oxygen atoms in total. The molecule has 5 heteroatoms. The first-order valence-corrected chi connectivity index (χ1v) is 6.49. The maximum absolute atomic E-state index is 5.80. The summed E-state index contributed by atoms with van der Waals surface area (Å²) in [5.74, 6) is 0.858. The van der Waals surface area contributed by atoms with Gasteiger partial charge in [-0.1, -0.05) is 12.1 Å². The van der Waals surface area contributed by atoms with Crippen molar-refractivity contribution in [3.8, 4) is 0 Å². The summed E-state index contributed by atoms with van der Waals surface area (Å²) in [6.45, 7) is 4.62. The lowest BCUT2D eigenvalue weighted by atomic mass is 9.96. The zero-order valence-corrected chi connectivity index (χ0v) is 13.1. The van der Waals surface area contributed by atoms with Crippen LogP contribution in [0.5, 0.6) is 0 Å². The van der Waals surface area contributed by atoms with Gasteiger partial charge in [-0.2, -0.15) is 0 Å². The first-order chi connectivity index (χ1) is 8.28. The number of anilines is 1. The number of likely N-dealkylation sites (tertiary alicyclic amines) is 1. The fourth-order valence-electron chi connectivity index (χ4n) is 2.59. The summed E-state index contributed by atoms with van der Waals surface area (Å²) < 4.78 is 0. The summed E-state index contributed by atoms with van der Waals surface area (Å²) in [6.07, 6.45) is 2.62. The van der Waals surface area contributed by atoms with Gasteiger partial charge in [0.15, 0.2) is 0 Å². The van der Waals surface area contributed by atoms with E-state index in [4.69, 9.17) is 5.73 Å². The minimum absolute atomic E-state index is 0. The van der Waals surface area contributed by atoms with E-state index in [0.717, 1.165) is 24.7 Å². The van der Waals surface area contributed by atoms with Gasteiger partial charge < -0.3 is 11.1 Å². The zero-order chi connectivity index (χ0) is 12.1. The molecule has 1 fully saturated rings. The summed E-state index contributed by atoms with van der Waals surface area (Å²) >= 11 is 0. The minimum atomic E-state index is 0. The predicted octanol–water partition coefficient (Wildman–Crippen LogP) is 2.54. The van der Waals surface area contributed by atoms with Crippen LogP contribution in [-0.4, -0.2) is 31.6 Å². The molecule has 3 N–H and O–H groups in total. The van der Waals surface area contributed by atoms with Gasteiger partial charge >= 0.3 is 0 Å². The van der Waals surface area contributed by atoms with Gasteiger partial charge in [0.05, 0.1) is 0 Å². The van der Waals surface area contributed by atoms with Crippen molar-refractivity contribution in [2.24, 2.45) is 5.92 Å². The topological polar surface area (TPSA) is 41.3 Å². The standard InChI is InChI=1S/C14H23N3.2ClH/c1-16-10-12-5-7-17(8-6-12)11-13-3-2-4-14(15)9-13;;/h2-4,9,12,16H,5-8,10-11,15H2,1H3;2*1H. The average molecular weight is 306 g/mol. The second-order valence-corrected chi connectivity index (χ2v) is 5.02. The molecular formula is C14H25Cl2N3. The third-order valence-corrected chi connectivity index (χ3v) is 3.56. The Hall–Kier alpha value is -0.480. The van der Waals surface area contributed by atoms with Crippen molar-refractivity contribution >= 4 is 30.5 Å². The minimum Gasteiger partial charge on any atom is -0.399 e. The number of nitrogen functional groups attached to an aromatic ring is 1. The Kier molecular flexibility index (Phi) is 9.19. The van der Waals surface area contributed by atoms with E-state index < -0.39 is 0 Å². The first kappa shape index (κ1) is 18.5. The molecule has 0 bridgehead atoms. The van der Waals surface area contributed by atoms with Crippen LogP contribution in [0.15, 0.2) is 24.3 Å². The summed E-state index contributed by atoms with van der Waals surface area (Å²) in [7, 11) is 2.04. The first-order valence-electron chi connectivity index (χ1n) is 6.49. The van der Waals surface area contributed by atoms with Crippen molar-refractivity contribution in [3.63, 3.8) is 0 Å². The van der Waals surface area contributed by atoms with Crippen molar-refractivity contribution in [2.75, 3.05) is 32.4 Å². The number of piperidine rings is 1. The van der Waals surface area contributed by atoms with E-state index in [1.807, 2.05) is 19.2 Å². The average Bonchev–Trinajstić information content (AvgIpc) is 2.32. The summed E-state index contributed by atoms with van der Waals surface area (Å²) in [6, 6.07) is 8.23. The molecule has 1 aliphatic rings. The third-order valence-electron chi connectivity index (χ3n) is 3.56. The molecule has 0 amide bonds. The smallest absolute Gasteiger partial charge is 0.0317 e. The van der Waals surface area contributed by atoms with Crippen LogP contribution in [0.4, 0.5) is 5.69 Å². The van der Waals surface area contributed by atoms with E-state index in [-0.39, 0.29) is 24.8 Å². The van der Waals surface area contributed by atoms with Crippen molar-refractivity contribution in [3.05, 3.63) is 29.8 Å². The fourth-order valence-corrected chi connectivity index (χ4v) is 2.59. The monoisotopic (exact) mass is 305 g/mol. The molecule has 0 aliphatic carbocycles. The van der Waals surface area contributed by atoms with Gasteiger partial charge in [0.25, 0.3) is 0 Å². The maximum Gasteiger partial charge on any atom is 0.0317 e. The molecule has 0 saturated carbocycles. The molecule has 1 saturated heterocycles. The SMILES string of the molecule is CNCC1CCN(Cc2cccc(N)c2)CC1.Cl.Cl. The van der Waals surface area contributed by atoms with Crippen molar-refractivity contribution in [1.82, 2.24) is 10.2 Å². The highest BCUT2D eigenvalue weighted by Crippen LogP contribution is 2.18. The Balaban J connectivity index is 0.00000162. The number of hydrogen-bond acceptors (Lipinski definition) is 3. The quantitative estimate of drug-likeness (QED) is 0.840. The molecule has 110 valence electrons. The molecule has 1 heterocycles. The Morgan fingerprint density at radius 2 is 1.95 bits per heavy atom. The van der Waals surface area contributed by atoms with Gasteiger partial charge in [0, 0.05) is 12.2 Å². The molecule has 1 aromatic rings. The highest BCUT2D eigenvalue weighted by atomic mass is 35.5. The highest BCUT2D eigenvalue weighted by Gasteiger charge is 2.18. The number of halogens is 2. The molecule has 0 radical (unpaired) electrons. The van der Waals surface area contributed by atoms with E-state index in [1.165, 1.54) is 31.5 Å². The lowest BCUT2D eigenvalue weighted by molar-refractivity contribution is 0.177. The predicted molar refractivity (Wildman–Crippen MR) is 87.3 cm³/mol. The molecule has 1 aromatic carbocycles. The van der Waals surface area contributed by atoms with Crippen molar-refractivity contribution < 1.29 is 0 Å². The van der Waals surface area contributed by atoms with Crippen LogP contribution in [-0.2, 0) is 6.54 Å². The highest BCUT2D eigenvalue weighted by molar-refractivity contribution is 5.85. The van der Waals surface area contributed by atoms with Crippen LogP contribution in [0.1, 0.15) is 18.4 Å². The van der Waals surface area contributed by atoms with Crippen LogP contribution >= 0.6 is 24.8 Å². The molecule has 0 atom stereocenters. The number of rotatable bonds is 4. The lowest BCUT2D eigenvalue weighted by Gasteiger charge is -2.31. The van der Waals surface area contributed by atoms with Crippen LogP contribution in [0, 0.1) is 5.92 Å². The second-order valence-electron chi connectivity index (χ2n) is 5.02. The van der Waals surface area contributed by atoms with E-state index in [2.05, 4.69) is 22.3 Å². The lowest BCUT2D eigenvalue weighted by Crippen LogP contribution is -2.36. The number of benzene rings is 1. The molecular weight excluding hydrogens is 281 g/mol. The summed E-state index contributed by atoms with van der Waals surface area (Å²) in [4.78, 5) is 2.53. The van der Waals surface area contributed by atoms with E-state index in [1.54, 1.807) is 0 Å². The maximum atomic E-state index is 5.80. The van der Waals surface area contributed by atoms with Gasteiger partial charge in [-0.05, 0) is 63.1 Å². The number of nitrogens with two attached hydrogens (primary N) is 1. The Morgan fingerprint density at radius 3 is 2.53 bits per heavy atom. The van der Waals surface area contributed by atoms with Crippen molar-refractivity contribution in [1.29, 1.82) is 0 Å².